The number of thiazole rings is 1. The highest BCUT2D eigenvalue weighted by Crippen LogP contribution is 2.29. The number of thioether (sulfide) groups is 1. The second-order valence-corrected chi connectivity index (χ2v) is 7.15. The lowest BCUT2D eigenvalue weighted by molar-refractivity contribution is -0.117. The van der Waals surface area contributed by atoms with Gasteiger partial charge in [0.05, 0.1) is 16.0 Å². The van der Waals surface area contributed by atoms with Gasteiger partial charge in [0.25, 0.3) is 5.91 Å². The van der Waals surface area contributed by atoms with Crippen LogP contribution in [0.5, 0.6) is 0 Å². The summed E-state index contributed by atoms with van der Waals surface area (Å²) < 4.78 is 3.04. The largest absolute Gasteiger partial charge is 0.292 e. The Morgan fingerprint density at radius 3 is 2.64 bits per heavy atom. The maximum Gasteiger partial charge on any atom is 0.257 e. The van der Waals surface area contributed by atoms with Crippen LogP contribution in [0, 0.1) is 0 Å². The van der Waals surface area contributed by atoms with E-state index in [1.54, 1.807) is 35.6 Å². The number of para-hydroxylation sites is 1. The molecule has 0 radical (unpaired) electrons. The number of benzene rings is 2. The van der Waals surface area contributed by atoms with Crippen molar-refractivity contribution in [2.45, 2.75) is 5.16 Å². The SMILES string of the molecule is O=C(CSc1nnc2sc3ccccc3n12)NC(=O)c1ccccc1. The second kappa shape index (κ2) is 6.66. The van der Waals surface area contributed by atoms with E-state index in [0.29, 0.717) is 10.7 Å². The van der Waals surface area contributed by atoms with Crippen LogP contribution >= 0.6 is 23.1 Å². The van der Waals surface area contributed by atoms with Gasteiger partial charge >= 0.3 is 0 Å². The number of hydrogen-bond donors (Lipinski definition) is 1. The molecule has 124 valence electrons. The van der Waals surface area contributed by atoms with Gasteiger partial charge in [0.15, 0.2) is 5.16 Å². The molecule has 0 unspecified atom stereocenters. The van der Waals surface area contributed by atoms with Gasteiger partial charge in [0.1, 0.15) is 0 Å². The molecule has 0 atom stereocenters. The smallest absolute Gasteiger partial charge is 0.257 e. The molecule has 2 amide bonds. The van der Waals surface area contributed by atoms with Crippen molar-refractivity contribution in [1.82, 2.24) is 19.9 Å². The fourth-order valence-electron chi connectivity index (χ4n) is 2.40. The normalized spacial score (nSPS) is 11.0. The monoisotopic (exact) mass is 368 g/mol. The van der Waals surface area contributed by atoms with Crippen molar-refractivity contribution >= 4 is 50.1 Å². The molecule has 0 saturated heterocycles. The third kappa shape index (κ3) is 3.13. The average Bonchev–Trinajstić information content (AvgIpc) is 3.20. The fraction of sp³-hybridized carbons (Fsp3) is 0.0588. The summed E-state index contributed by atoms with van der Waals surface area (Å²) in [6.07, 6.45) is 0. The third-order valence-corrected chi connectivity index (χ3v) is 5.47. The Morgan fingerprint density at radius 2 is 1.80 bits per heavy atom. The van der Waals surface area contributed by atoms with Crippen LogP contribution in [0.15, 0.2) is 59.8 Å². The molecule has 0 spiro atoms. The Labute approximate surface area is 150 Å². The van der Waals surface area contributed by atoms with E-state index in [1.807, 2.05) is 34.7 Å². The van der Waals surface area contributed by atoms with E-state index in [0.717, 1.165) is 15.2 Å². The molecule has 0 fully saturated rings. The summed E-state index contributed by atoms with van der Waals surface area (Å²) in [6.45, 7) is 0. The Bertz CT molecular complexity index is 1070. The van der Waals surface area contributed by atoms with Crippen molar-refractivity contribution in [3.8, 4) is 0 Å². The van der Waals surface area contributed by atoms with Crippen LogP contribution in [0.25, 0.3) is 15.2 Å². The average molecular weight is 368 g/mol. The summed E-state index contributed by atoms with van der Waals surface area (Å²) in [7, 11) is 0. The molecule has 0 saturated carbocycles. The molecular formula is C17H12N4O2S2. The molecular weight excluding hydrogens is 356 g/mol. The molecule has 25 heavy (non-hydrogen) atoms. The molecule has 8 heteroatoms. The molecule has 2 heterocycles. The van der Waals surface area contributed by atoms with Crippen molar-refractivity contribution in [3.05, 3.63) is 60.2 Å². The first kappa shape index (κ1) is 15.8. The van der Waals surface area contributed by atoms with E-state index in [2.05, 4.69) is 15.5 Å². The first-order valence-electron chi connectivity index (χ1n) is 7.47. The Morgan fingerprint density at radius 1 is 1.04 bits per heavy atom. The number of rotatable bonds is 4. The van der Waals surface area contributed by atoms with E-state index in [9.17, 15) is 9.59 Å². The predicted octanol–water partition coefficient (Wildman–Crippen LogP) is 2.99. The molecule has 0 aliphatic carbocycles. The van der Waals surface area contributed by atoms with Crippen molar-refractivity contribution in [3.63, 3.8) is 0 Å². The summed E-state index contributed by atoms with van der Waals surface area (Å²) >= 11 is 2.80. The minimum absolute atomic E-state index is 0.0868. The lowest BCUT2D eigenvalue weighted by Gasteiger charge is -2.03. The van der Waals surface area contributed by atoms with E-state index >= 15 is 0 Å². The second-order valence-electron chi connectivity index (χ2n) is 5.20. The summed E-state index contributed by atoms with van der Waals surface area (Å²) in [5.74, 6) is -0.683. The fourth-order valence-corrected chi connectivity index (χ4v) is 4.17. The maximum atomic E-state index is 12.1. The molecule has 4 aromatic rings. The van der Waals surface area contributed by atoms with Gasteiger partial charge in [0.2, 0.25) is 10.9 Å². The number of hydrogen-bond acceptors (Lipinski definition) is 6. The van der Waals surface area contributed by atoms with Crippen molar-refractivity contribution < 1.29 is 9.59 Å². The van der Waals surface area contributed by atoms with Crippen molar-refractivity contribution in [2.24, 2.45) is 0 Å². The van der Waals surface area contributed by atoms with Gasteiger partial charge in [0, 0.05) is 5.56 Å². The molecule has 2 aromatic carbocycles. The van der Waals surface area contributed by atoms with E-state index in [1.165, 1.54) is 11.8 Å². The van der Waals surface area contributed by atoms with Crippen molar-refractivity contribution in [2.75, 3.05) is 5.75 Å². The van der Waals surface area contributed by atoms with Crippen LogP contribution < -0.4 is 5.32 Å². The van der Waals surface area contributed by atoms with Gasteiger partial charge in [-0.2, -0.15) is 0 Å². The zero-order valence-corrected chi connectivity index (χ0v) is 14.5. The topological polar surface area (TPSA) is 76.4 Å². The van der Waals surface area contributed by atoms with Gasteiger partial charge in [-0.25, -0.2) is 0 Å². The van der Waals surface area contributed by atoms with Gasteiger partial charge < -0.3 is 0 Å². The highest BCUT2D eigenvalue weighted by Gasteiger charge is 2.15. The number of nitrogens with one attached hydrogen (secondary N) is 1. The van der Waals surface area contributed by atoms with Crippen LogP contribution in [0.2, 0.25) is 0 Å². The maximum absolute atomic E-state index is 12.1. The van der Waals surface area contributed by atoms with E-state index in [4.69, 9.17) is 0 Å². The quantitative estimate of drug-likeness (QED) is 0.561. The summed E-state index contributed by atoms with van der Waals surface area (Å²) in [4.78, 5) is 24.8. The van der Waals surface area contributed by atoms with Crippen LogP contribution in [0.3, 0.4) is 0 Å². The minimum Gasteiger partial charge on any atom is -0.292 e. The number of carbonyl (C=O) groups excluding carboxylic acids is 2. The molecule has 0 aliphatic heterocycles. The lowest BCUT2D eigenvalue weighted by Crippen LogP contribution is -2.31. The number of amides is 2. The van der Waals surface area contributed by atoms with Gasteiger partial charge in [-0.3, -0.25) is 19.3 Å². The Hall–Kier alpha value is -2.71. The predicted molar refractivity (Wildman–Crippen MR) is 98.0 cm³/mol. The summed E-state index contributed by atoms with van der Waals surface area (Å²) in [5.41, 5.74) is 1.46. The van der Waals surface area contributed by atoms with Crippen LogP contribution in [0.4, 0.5) is 0 Å². The third-order valence-electron chi connectivity index (χ3n) is 3.53. The molecule has 1 N–H and O–H groups in total. The summed E-state index contributed by atoms with van der Waals surface area (Å²) in [5, 5.41) is 11.3. The Balaban J connectivity index is 1.47. The van der Waals surface area contributed by atoms with E-state index in [-0.39, 0.29) is 11.7 Å². The summed E-state index contributed by atoms with van der Waals surface area (Å²) in [6, 6.07) is 16.6. The zero-order valence-electron chi connectivity index (χ0n) is 12.9. The van der Waals surface area contributed by atoms with Crippen LogP contribution in [0.1, 0.15) is 10.4 Å². The number of aromatic nitrogens is 3. The minimum atomic E-state index is -0.404. The Kier molecular flexibility index (Phi) is 4.21. The number of imide groups is 1. The number of fused-ring (bicyclic) bond motifs is 3. The van der Waals surface area contributed by atoms with Crippen molar-refractivity contribution in [1.29, 1.82) is 0 Å². The highest BCUT2D eigenvalue weighted by atomic mass is 32.2. The molecule has 2 aromatic heterocycles. The van der Waals surface area contributed by atoms with Crippen LogP contribution in [-0.2, 0) is 4.79 Å². The number of carbonyl (C=O) groups is 2. The first-order chi connectivity index (χ1) is 12.2. The van der Waals surface area contributed by atoms with Gasteiger partial charge in [-0.15, -0.1) is 10.2 Å². The van der Waals surface area contributed by atoms with Crippen LogP contribution in [-0.4, -0.2) is 32.2 Å². The molecule has 6 nitrogen and oxygen atoms in total. The van der Waals surface area contributed by atoms with Gasteiger partial charge in [-0.1, -0.05) is 53.4 Å². The molecule has 0 aliphatic rings. The number of nitrogens with zero attached hydrogens (tertiary/aromatic N) is 3. The lowest BCUT2D eigenvalue weighted by atomic mass is 10.2. The molecule has 0 bridgehead atoms. The zero-order chi connectivity index (χ0) is 17.2. The van der Waals surface area contributed by atoms with E-state index < -0.39 is 5.91 Å². The first-order valence-corrected chi connectivity index (χ1v) is 9.27. The highest BCUT2D eigenvalue weighted by molar-refractivity contribution is 7.99. The molecule has 4 rings (SSSR count). The van der Waals surface area contributed by atoms with Gasteiger partial charge in [-0.05, 0) is 24.3 Å². The standard InChI is InChI=1S/C17H12N4O2S2/c22-14(18-15(23)11-6-2-1-3-7-11)10-24-16-19-20-17-21(16)12-8-4-5-9-13(12)25-17/h1-9H,10H2,(H,18,22,23).